The molecule has 3 rings (SSSR count). The lowest BCUT2D eigenvalue weighted by atomic mass is 10.0. The third-order valence-electron chi connectivity index (χ3n) is 4.18. The number of nitrogens with zero attached hydrogens (tertiary/aromatic N) is 3. The predicted molar refractivity (Wildman–Crippen MR) is 91.3 cm³/mol. The van der Waals surface area contributed by atoms with E-state index in [1.807, 2.05) is 13.8 Å². The Balaban J connectivity index is 0.00000225. The predicted octanol–water partition coefficient (Wildman–Crippen LogP) is 3.80. The average Bonchev–Trinajstić information content (AvgIpc) is 2.82. The maximum absolute atomic E-state index is 13.0. The largest absolute Gasteiger partial charge is 0.416 e. The van der Waals surface area contributed by atoms with E-state index in [9.17, 15) is 18.0 Å². The number of imidazole rings is 1. The minimum atomic E-state index is -4.40. The molecule has 0 aliphatic carbocycles. The number of aryl methyl sites for hydroxylation is 4. The maximum atomic E-state index is 13.0. The third kappa shape index (κ3) is 3.56. The molecule has 0 unspecified atom stereocenters. The Morgan fingerprint density at radius 3 is 2.48 bits per heavy atom. The van der Waals surface area contributed by atoms with E-state index in [-0.39, 0.29) is 42.1 Å². The molecule has 134 valence electrons. The lowest BCUT2D eigenvalue weighted by Gasteiger charge is -2.13. The second-order valence-corrected chi connectivity index (χ2v) is 5.68. The van der Waals surface area contributed by atoms with Gasteiger partial charge < -0.3 is 4.57 Å². The van der Waals surface area contributed by atoms with Crippen LogP contribution >= 0.6 is 12.4 Å². The first-order valence-corrected chi connectivity index (χ1v) is 7.49. The lowest BCUT2D eigenvalue weighted by Crippen LogP contribution is -2.23. The van der Waals surface area contributed by atoms with E-state index in [1.165, 1.54) is 16.7 Å². The zero-order valence-electron chi connectivity index (χ0n) is 13.7. The minimum absolute atomic E-state index is 0. The molecule has 2 aromatic heterocycles. The van der Waals surface area contributed by atoms with Gasteiger partial charge in [0.05, 0.1) is 11.3 Å². The summed E-state index contributed by atoms with van der Waals surface area (Å²) in [7, 11) is 0. The van der Waals surface area contributed by atoms with Crippen molar-refractivity contribution < 1.29 is 13.2 Å². The Kier molecular flexibility index (Phi) is 5.27. The molecule has 25 heavy (non-hydrogen) atoms. The van der Waals surface area contributed by atoms with Gasteiger partial charge in [-0.15, -0.1) is 12.4 Å². The van der Waals surface area contributed by atoms with E-state index in [0.717, 1.165) is 17.5 Å². The molecule has 3 aromatic rings. The monoisotopic (exact) mass is 371 g/mol. The second-order valence-electron chi connectivity index (χ2n) is 5.68. The van der Waals surface area contributed by atoms with Crippen molar-refractivity contribution in [3.63, 3.8) is 0 Å². The molecule has 0 atom stereocenters. The van der Waals surface area contributed by atoms with Gasteiger partial charge >= 0.3 is 6.18 Å². The van der Waals surface area contributed by atoms with Crippen molar-refractivity contribution in [2.24, 2.45) is 0 Å². The summed E-state index contributed by atoms with van der Waals surface area (Å²) in [5, 5.41) is 0. The second kappa shape index (κ2) is 6.92. The van der Waals surface area contributed by atoms with Gasteiger partial charge in [-0.05, 0) is 31.9 Å². The number of rotatable bonds is 3. The first kappa shape index (κ1) is 19.1. The summed E-state index contributed by atoms with van der Waals surface area (Å²) < 4.78 is 42.2. The van der Waals surface area contributed by atoms with Gasteiger partial charge in [-0.25, -0.2) is 4.98 Å². The van der Waals surface area contributed by atoms with E-state index < -0.39 is 11.7 Å². The first-order valence-electron chi connectivity index (χ1n) is 7.49. The molecule has 8 heteroatoms. The smallest absolute Gasteiger partial charge is 0.311 e. The Labute approximate surface area is 148 Å². The van der Waals surface area contributed by atoms with Crippen molar-refractivity contribution in [2.45, 2.75) is 33.0 Å². The number of alkyl halides is 3. The molecule has 0 radical (unpaired) electrons. The quantitative estimate of drug-likeness (QED) is 0.702. The summed E-state index contributed by atoms with van der Waals surface area (Å²) in [4.78, 5) is 16.7. The van der Waals surface area contributed by atoms with Gasteiger partial charge in [0.25, 0.3) is 5.56 Å². The lowest BCUT2D eigenvalue weighted by molar-refractivity contribution is -0.138. The van der Waals surface area contributed by atoms with Crippen molar-refractivity contribution in [3.05, 3.63) is 69.5 Å². The van der Waals surface area contributed by atoms with E-state index in [1.54, 1.807) is 22.9 Å². The van der Waals surface area contributed by atoms with Crippen LogP contribution in [0.5, 0.6) is 0 Å². The molecule has 0 saturated heterocycles. The summed E-state index contributed by atoms with van der Waals surface area (Å²) in [5.41, 5.74) is 1.12. The number of benzene rings is 1. The molecule has 0 saturated carbocycles. The fourth-order valence-electron chi connectivity index (χ4n) is 2.74. The van der Waals surface area contributed by atoms with Crippen molar-refractivity contribution in [1.29, 1.82) is 0 Å². The first-order chi connectivity index (χ1) is 11.3. The van der Waals surface area contributed by atoms with E-state index in [2.05, 4.69) is 4.98 Å². The summed E-state index contributed by atoms with van der Waals surface area (Å²) >= 11 is 0. The van der Waals surface area contributed by atoms with Crippen molar-refractivity contribution in [3.8, 4) is 0 Å². The van der Waals surface area contributed by atoms with Crippen LogP contribution in [0.1, 0.15) is 22.5 Å². The molecule has 0 fully saturated rings. The fraction of sp³-hybridized carbons (Fsp3) is 0.294. The Morgan fingerprint density at radius 2 is 1.80 bits per heavy atom. The Hall–Kier alpha value is -2.28. The standard InChI is InChI=1S/C17H16F3N3O.ClH/c1-11-12(2)23-10-9-22(16(24)15(23)21-11)8-7-13-5-3-4-6-14(13)17(18,19)20;/h3-6,9-10H,7-8H2,1-2H3;1H. The van der Waals surface area contributed by atoms with Gasteiger partial charge in [0.15, 0.2) is 0 Å². The number of hydrogen-bond acceptors (Lipinski definition) is 2. The van der Waals surface area contributed by atoms with Crippen molar-refractivity contribution >= 4 is 18.1 Å². The highest BCUT2D eigenvalue weighted by Gasteiger charge is 2.32. The van der Waals surface area contributed by atoms with Crippen LogP contribution in [-0.2, 0) is 19.1 Å². The Morgan fingerprint density at radius 1 is 1.12 bits per heavy atom. The van der Waals surface area contributed by atoms with Gasteiger partial charge in [0.2, 0.25) is 5.65 Å². The normalized spacial score (nSPS) is 11.6. The zero-order chi connectivity index (χ0) is 17.5. The van der Waals surface area contributed by atoms with Crippen LogP contribution in [0.15, 0.2) is 41.5 Å². The molecular formula is C17H17ClF3N3O. The van der Waals surface area contributed by atoms with E-state index >= 15 is 0 Å². The van der Waals surface area contributed by atoms with Crippen LogP contribution < -0.4 is 5.56 Å². The van der Waals surface area contributed by atoms with Gasteiger partial charge in [0.1, 0.15) is 0 Å². The van der Waals surface area contributed by atoms with Crippen LogP contribution in [-0.4, -0.2) is 14.0 Å². The summed E-state index contributed by atoms with van der Waals surface area (Å²) in [5.74, 6) is 0. The highest BCUT2D eigenvalue weighted by Crippen LogP contribution is 2.32. The molecule has 4 nitrogen and oxygen atoms in total. The number of hydrogen-bond donors (Lipinski definition) is 0. The van der Waals surface area contributed by atoms with Crippen molar-refractivity contribution in [1.82, 2.24) is 14.0 Å². The molecule has 0 bridgehead atoms. The van der Waals surface area contributed by atoms with E-state index in [4.69, 9.17) is 0 Å². The minimum Gasteiger partial charge on any atom is -0.311 e. The Bertz CT molecular complexity index is 960. The van der Waals surface area contributed by atoms with E-state index in [0.29, 0.717) is 0 Å². The van der Waals surface area contributed by atoms with Crippen LogP contribution in [0.4, 0.5) is 13.2 Å². The highest BCUT2D eigenvalue weighted by atomic mass is 35.5. The van der Waals surface area contributed by atoms with Crippen molar-refractivity contribution in [2.75, 3.05) is 0 Å². The van der Waals surface area contributed by atoms with Gasteiger partial charge in [-0.1, -0.05) is 18.2 Å². The van der Waals surface area contributed by atoms with Crippen LogP contribution in [0, 0.1) is 13.8 Å². The average molecular weight is 372 g/mol. The molecule has 0 aliphatic rings. The topological polar surface area (TPSA) is 39.3 Å². The summed E-state index contributed by atoms with van der Waals surface area (Å²) in [6.07, 6.45) is -0.991. The molecule has 0 N–H and O–H groups in total. The molecule has 0 spiro atoms. The molecule has 0 amide bonds. The molecular weight excluding hydrogens is 355 g/mol. The number of halogens is 4. The third-order valence-corrected chi connectivity index (χ3v) is 4.18. The molecule has 1 aromatic carbocycles. The SMILES string of the molecule is Cc1nc2c(=O)n(CCc3ccccc3C(F)(F)F)ccn2c1C.Cl. The highest BCUT2D eigenvalue weighted by molar-refractivity contribution is 5.85. The molecule has 0 aliphatic heterocycles. The zero-order valence-corrected chi connectivity index (χ0v) is 14.5. The maximum Gasteiger partial charge on any atom is 0.416 e. The fourth-order valence-corrected chi connectivity index (χ4v) is 2.74. The van der Waals surface area contributed by atoms with Crippen LogP contribution in [0.2, 0.25) is 0 Å². The number of aromatic nitrogens is 3. The molecule has 2 heterocycles. The van der Waals surface area contributed by atoms with Crippen LogP contribution in [0.3, 0.4) is 0 Å². The number of fused-ring (bicyclic) bond motifs is 1. The van der Waals surface area contributed by atoms with Crippen LogP contribution in [0.25, 0.3) is 5.65 Å². The van der Waals surface area contributed by atoms with Gasteiger partial charge in [0, 0.05) is 24.6 Å². The van der Waals surface area contributed by atoms with Gasteiger partial charge in [-0.2, -0.15) is 13.2 Å². The summed E-state index contributed by atoms with van der Waals surface area (Å²) in [6, 6.07) is 5.43. The summed E-state index contributed by atoms with van der Waals surface area (Å²) in [6.45, 7) is 3.83. The van der Waals surface area contributed by atoms with Gasteiger partial charge in [-0.3, -0.25) is 9.20 Å².